The largest absolute Gasteiger partial charge is 0.423 e. The molecule has 28 heavy (non-hydrogen) atoms. The molecule has 0 bridgehead atoms. The summed E-state index contributed by atoms with van der Waals surface area (Å²) in [6.45, 7) is 3.83. The average Bonchev–Trinajstić information content (AvgIpc) is 2.92. The number of esters is 1. The lowest BCUT2D eigenvalue weighted by Gasteiger charge is -2.18. The first-order valence-electron chi connectivity index (χ1n) is 9.37. The van der Waals surface area contributed by atoms with Crippen molar-refractivity contribution in [3.05, 3.63) is 71.3 Å². The summed E-state index contributed by atoms with van der Waals surface area (Å²) in [4.78, 5) is 39.4. The summed E-state index contributed by atoms with van der Waals surface area (Å²) in [6.07, 6.45) is 3.25. The monoisotopic (exact) mass is 375 g/mol. The van der Waals surface area contributed by atoms with Crippen molar-refractivity contribution < 1.29 is 19.1 Å². The average molecular weight is 375 g/mol. The third-order valence-corrected chi connectivity index (χ3v) is 5.47. The molecule has 2 aromatic rings. The van der Waals surface area contributed by atoms with Crippen LogP contribution in [0, 0.1) is 18.8 Å². The lowest BCUT2D eigenvalue weighted by molar-refractivity contribution is -0.122. The summed E-state index contributed by atoms with van der Waals surface area (Å²) in [5, 5.41) is 0. The van der Waals surface area contributed by atoms with Gasteiger partial charge in [0, 0.05) is 6.07 Å². The van der Waals surface area contributed by atoms with Crippen LogP contribution in [0.15, 0.2) is 60.2 Å². The minimum atomic E-state index is -0.470. The third kappa shape index (κ3) is 3.13. The maximum atomic E-state index is 12.9. The Hall–Kier alpha value is -3.21. The van der Waals surface area contributed by atoms with Gasteiger partial charge in [-0.3, -0.25) is 9.59 Å². The molecule has 2 amide bonds. The SMILES string of the molecule is CC1=CC[C@@H]2C(=O)N(c3cccc(OC(=O)c4ccccc4C)c3)C(=O)[C@H]2C1. The molecule has 5 heteroatoms. The summed E-state index contributed by atoms with van der Waals surface area (Å²) in [5.41, 5.74) is 2.89. The van der Waals surface area contributed by atoms with Crippen LogP contribution in [0.25, 0.3) is 0 Å². The highest BCUT2D eigenvalue weighted by Gasteiger charge is 2.48. The second-order valence-electron chi connectivity index (χ2n) is 7.42. The topological polar surface area (TPSA) is 63.7 Å². The van der Waals surface area contributed by atoms with Crippen LogP contribution < -0.4 is 9.64 Å². The van der Waals surface area contributed by atoms with E-state index in [1.165, 1.54) is 4.90 Å². The molecule has 1 aliphatic heterocycles. The Morgan fingerprint density at radius 3 is 2.54 bits per heavy atom. The first-order chi connectivity index (χ1) is 13.5. The Kier molecular flexibility index (Phi) is 4.59. The van der Waals surface area contributed by atoms with E-state index < -0.39 is 5.97 Å². The van der Waals surface area contributed by atoms with E-state index >= 15 is 0 Å². The van der Waals surface area contributed by atoms with Crippen molar-refractivity contribution in [2.24, 2.45) is 11.8 Å². The van der Waals surface area contributed by atoms with Gasteiger partial charge in [-0.25, -0.2) is 9.69 Å². The molecule has 0 aromatic heterocycles. The van der Waals surface area contributed by atoms with Crippen LogP contribution in [0.4, 0.5) is 5.69 Å². The van der Waals surface area contributed by atoms with E-state index in [0.717, 1.165) is 11.1 Å². The van der Waals surface area contributed by atoms with Gasteiger partial charge < -0.3 is 4.74 Å². The Balaban J connectivity index is 1.58. The fraction of sp³-hybridized carbons (Fsp3) is 0.261. The van der Waals surface area contributed by atoms with E-state index in [0.29, 0.717) is 29.8 Å². The highest BCUT2D eigenvalue weighted by molar-refractivity contribution is 6.22. The maximum Gasteiger partial charge on any atom is 0.343 e. The van der Waals surface area contributed by atoms with Gasteiger partial charge in [0.05, 0.1) is 23.1 Å². The summed E-state index contributed by atoms with van der Waals surface area (Å²) in [7, 11) is 0. The quantitative estimate of drug-likeness (QED) is 0.351. The zero-order valence-corrected chi connectivity index (χ0v) is 15.8. The normalized spacial score (nSPS) is 21.4. The molecule has 1 heterocycles. The number of imide groups is 1. The Bertz CT molecular complexity index is 1010. The van der Waals surface area contributed by atoms with Crippen LogP contribution in [-0.2, 0) is 9.59 Å². The molecule has 2 aromatic carbocycles. The number of benzene rings is 2. The van der Waals surface area contributed by atoms with E-state index in [2.05, 4.69) is 0 Å². The molecule has 0 radical (unpaired) electrons. The minimum absolute atomic E-state index is 0.176. The zero-order chi connectivity index (χ0) is 19.8. The molecule has 1 aliphatic carbocycles. The van der Waals surface area contributed by atoms with Gasteiger partial charge in [0.2, 0.25) is 11.8 Å². The Morgan fingerprint density at radius 1 is 1.00 bits per heavy atom. The Labute approximate surface area is 163 Å². The molecule has 142 valence electrons. The number of nitrogens with zero attached hydrogens (tertiary/aromatic N) is 1. The van der Waals surface area contributed by atoms with E-state index in [-0.39, 0.29) is 23.7 Å². The van der Waals surface area contributed by atoms with Gasteiger partial charge in [0.1, 0.15) is 5.75 Å². The lowest BCUT2D eigenvalue weighted by Crippen LogP contribution is -2.30. The summed E-state index contributed by atoms with van der Waals surface area (Å²) < 4.78 is 5.49. The number of fused-ring (bicyclic) bond motifs is 1. The fourth-order valence-electron chi connectivity index (χ4n) is 3.94. The van der Waals surface area contributed by atoms with Crippen LogP contribution in [0.1, 0.15) is 35.7 Å². The van der Waals surface area contributed by atoms with Crippen molar-refractivity contribution in [2.45, 2.75) is 26.7 Å². The first kappa shape index (κ1) is 18.2. The van der Waals surface area contributed by atoms with Gasteiger partial charge in [-0.1, -0.05) is 35.9 Å². The predicted octanol–water partition coefficient (Wildman–Crippen LogP) is 4.06. The minimum Gasteiger partial charge on any atom is -0.423 e. The molecule has 4 rings (SSSR count). The molecule has 0 N–H and O–H groups in total. The molecule has 0 unspecified atom stereocenters. The number of hydrogen-bond donors (Lipinski definition) is 0. The van der Waals surface area contributed by atoms with Crippen molar-refractivity contribution in [1.82, 2.24) is 0 Å². The highest BCUT2D eigenvalue weighted by Crippen LogP contribution is 2.40. The molecular formula is C23H21NO4. The molecule has 1 fully saturated rings. The van der Waals surface area contributed by atoms with Crippen LogP contribution in [-0.4, -0.2) is 17.8 Å². The van der Waals surface area contributed by atoms with Crippen LogP contribution in [0.3, 0.4) is 0 Å². The maximum absolute atomic E-state index is 12.9. The number of aryl methyl sites for hydroxylation is 1. The van der Waals surface area contributed by atoms with Gasteiger partial charge in [-0.15, -0.1) is 0 Å². The first-order valence-corrected chi connectivity index (χ1v) is 9.37. The third-order valence-electron chi connectivity index (χ3n) is 5.47. The molecule has 0 saturated carbocycles. The van der Waals surface area contributed by atoms with E-state index in [4.69, 9.17) is 4.74 Å². The molecular weight excluding hydrogens is 354 g/mol. The summed E-state index contributed by atoms with van der Waals surface area (Å²) in [5.74, 6) is -1.12. The van der Waals surface area contributed by atoms with Crippen molar-refractivity contribution in [3.8, 4) is 5.75 Å². The lowest BCUT2D eigenvalue weighted by atomic mass is 9.82. The predicted molar refractivity (Wildman–Crippen MR) is 105 cm³/mol. The van der Waals surface area contributed by atoms with Gasteiger partial charge in [-0.2, -0.15) is 0 Å². The van der Waals surface area contributed by atoms with Gasteiger partial charge in [0.25, 0.3) is 0 Å². The van der Waals surface area contributed by atoms with Gasteiger partial charge >= 0.3 is 5.97 Å². The number of rotatable bonds is 3. The van der Waals surface area contributed by atoms with Crippen LogP contribution in [0.2, 0.25) is 0 Å². The zero-order valence-electron chi connectivity index (χ0n) is 15.8. The van der Waals surface area contributed by atoms with Crippen molar-refractivity contribution in [2.75, 3.05) is 4.90 Å². The molecule has 0 spiro atoms. The summed E-state index contributed by atoms with van der Waals surface area (Å²) >= 11 is 0. The van der Waals surface area contributed by atoms with E-state index in [1.807, 2.05) is 32.1 Å². The molecule has 2 aliphatic rings. The number of anilines is 1. The molecule has 1 saturated heterocycles. The molecule has 5 nitrogen and oxygen atoms in total. The number of carbonyl (C=O) groups excluding carboxylic acids is 3. The second-order valence-corrected chi connectivity index (χ2v) is 7.42. The van der Waals surface area contributed by atoms with Crippen LogP contribution >= 0.6 is 0 Å². The van der Waals surface area contributed by atoms with Crippen LogP contribution in [0.5, 0.6) is 5.75 Å². The smallest absolute Gasteiger partial charge is 0.343 e. The fourth-order valence-corrected chi connectivity index (χ4v) is 3.94. The van der Waals surface area contributed by atoms with Gasteiger partial charge in [-0.05, 0) is 50.5 Å². The summed E-state index contributed by atoms with van der Waals surface area (Å²) in [6, 6.07) is 13.8. The number of amides is 2. The van der Waals surface area contributed by atoms with Gasteiger partial charge in [0.15, 0.2) is 0 Å². The number of ether oxygens (including phenoxy) is 1. The number of carbonyl (C=O) groups is 3. The van der Waals surface area contributed by atoms with Crippen molar-refractivity contribution in [3.63, 3.8) is 0 Å². The van der Waals surface area contributed by atoms with E-state index in [1.54, 1.807) is 36.4 Å². The second kappa shape index (κ2) is 7.08. The highest BCUT2D eigenvalue weighted by atomic mass is 16.5. The van der Waals surface area contributed by atoms with E-state index in [9.17, 15) is 14.4 Å². The molecule has 2 atom stereocenters. The number of hydrogen-bond acceptors (Lipinski definition) is 4. The standard InChI is InChI=1S/C23H21NO4/c1-14-10-11-19-20(12-14)22(26)24(21(19)25)16-7-5-8-17(13-16)28-23(27)18-9-4-3-6-15(18)2/h3-10,13,19-20H,11-12H2,1-2H3/t19-,20-/m0/s1. The van der Waals surface area contributed by atoms with Crippen molar-refractivity contribution in [1.29, 1.82) is 0 Å². The number of allylic oxidation sites excluding steroid dienone is 2. The van der Waals surface area contributed by atoms with Crippen molar-refractivity contribution >= 4 is 23.5 Å². The Morgan fingerprint density at radius 2 is 1.75 bits per heavy atom.